The topological polar surface area (TPSA) is 82.5 Å². The highest BCUT2D eigenvalue weighted by atomic mass is 32.1. The Hall–Kier alpha value is -2.96. The van der Waals surface area contributed by atoms with Gasteiger partial charge in [0.15, 0.2) is 0 Å². The lowest BCUT2D eigenvalue weighted by atomic mass is 10.1. The van der Waals surface area contributed by atoms with Crippen molar-refractivity contribution in [3.8, 4) is 22.6 Å². The highest BCUT2D eigenvalue weighted by Crippen LogP contribution is 2.30. The van der Waals surface area contributed by atoms with E-state index in [9.17, 15) is 10.1 Å². The number of thiophene rings is 1. The van der Waals surface area contributed by atoms with Gasteiger partial charge in [-0.2, -0.15) is 10.5 Å². The normalized spacial score (nSPS) is 11.8. The van der Waals surface area contributed by atoms with Crippen LogP contribution in [-0.2, 0) is 6.54 Å². The van der Waals surface area contributed by atoms with Gasteiger partial charge in [0.1, 0.15) is 4.83 Å². The van der Waals surface area contributed by atoms with Crippen LogP contribution in [0.5, 0.6) is 0 Å². The molecule has 0 fully saturated rings. The zero-order chi connectivity index (χ0) is 16.9. The van der Waals surface area contributed by atoms with Crippen molar-refractivity contribution in [1.82, 2.24) is 9.55 Å². The zero-order valence-corrected chi connectivity index (χ0v) is 13.7. The quantitative estimate of drug-likeness (QED) is 0.714. The lowest BCUT2D eigenvalue weighted by Crippen LogP contribution is -2.23. The van der Waals surface area contributed by atoms with Crippen molar-refractivity contribution in [3.05, 3.63) is 53.1 Å². The van der Waals surface area contributed by atoms with E-state index in [-0.39, 0.29) is 18.0 Å². The van der Waals surface area contributed by atoms with Crippen molar-refractivity contribution < 1.29 is 0 Å². The molecule has 0 amide bonds. The van der Waals surface area contributed by atoms with Crippen molar-refractivity contribution in [2.45, 2.75) is 19.4 Å². The van der Waals surface area contributed by atoms with Crippen LogP contribution < -0.4 is 5.56 Å². The Balaban J connectivity index is 1.95. The first-order valence-electron chi connectivity index (χ1n) is 7.54. The summed E-state index contributed by atoms with van der Waals surface area (Å²) >= 11 is 1.48. The van der Waals surface area contributed by atoms with Crippen LogP contribution in [0.25, 0.3) is 20.7 Å². The zero-order valence-electron chi connectivity index (χ0n) is 12.8. The van der Waals surface area contributed by atoms with Crippen molar-refractivity contribution >= 4 is 21.6 Å². The lowest BCUT2D eigenvalue weighted by Gasteiger charge is -2.09. The van der Waals surface area contributed by atoms with Crippen LogP contribution in [0, 0.1) is 28.6 Å². The van der Waals surface area contributed by atoms with Crippen molar-refractivity contribution in [3.63, 3.8) is 0 Å². The van der Waals surface area contributed by atoms with Gasteiger partial charge in [-0.05, 0) is 18.1 Å². The molecule has 0 unspecified atom stereocenters. The maximum absolute atomic E-state index is 12.7. The minimum atomic E-state index is -0.367. The molecule has 2 heterocycles. The maximum Gasteiger partial charge on any atom is 0.262 e. The highest BCUT2D eigenvalue weighted by molar-refractivity contribution is 7.21. The minimum Gasteiger partial charge on any atom is -0.297 e. The van der Waals surface area contributed by atoms with Gasteiger partial charge in [0.25, 0.3) is 5.56 Å². The molecule has 5 nitrogen and oxygen atoms in total. The molecule has 0 bridgehead atoms. The van der Waals surface area contributed by atoms with Gasteiger partial charge >= 0.3 is 0 Å². The maximum atomic E-state index is 12.7. The van der Waals surface area contributed by atoms with Crippen LogP contribution in [-0.4, -0.2) is 9.55 Å². The second kappa shape index (κ2) is 7.08. The Kier molecular flexibility index (Phi) is 4.69. The van der Waals surface area contributed by atoms with Gasteiger partial charge in [-0.25, -0.2) is 4.98 Å². The molecule has 0 N–H and O–H groups in total. The van der Waals surface area contributed by atoms with E-state index >= 15 is 0 Å². The smallest absolute Gasteiger partial charge is 0.262 e. The summed E-state index contributed by atoms with van der Waals surface area (Å²) in [5, 5.41) is 18.4. The third-order valence-electron chi connectivity index (χ3n) is 3.78. The van der Waals surface area contributed by atoms with Crippen molar-refractivity contribution in [2.75, 3.05) is 0 Å². The predicted molar refractivity (Wildman–Crippen MR) is 93.3 cm³/mol. The number of fused-ring (bicyclic) bond motifs is 1. The molecule has 0 aliphatic heterocycles. The fraction of sp³-hybridized carbons (Fsp3) is 0.222. The van der Waals surface area contributed by atoms with Crippen molar-refractivity contribution in [2.24, 2.45) is 5.92 Å². The Morgan fingerprint density at radius 1 is 1.25 bits per heavy atom. The number of benzene rings is 1. The summed E-state index contributed by atoms with van der Waals surface area (Å²) in [6, 6.07) is 15.9. The average molecular weight is 334 g/mol. The van der Waals surface area contributed by atoms with E-state index in [1.54, 1.807) is 0 Å². The van der Waals surface area contributed by atoms with Gasteiger partial charge in [0.05, 0.1) is 29.8 Å². The molecule has 0 radical (unpaired) electrons. The summed E-state index contributed by atoms with van der Waals surface area (Å²) in [5.74, 6) is -0.367. The van der Waals surface area contributed by atoms with E-state index in [4.69, 9.17) is 5.26 Å². The molecular weight excluding hydrogens is 320 g/mol. The summed E-state index contributed by atoms with van der Waals surface area (Å²) < 4.78 is 1.47. The Morgan fingerprint density at radius 3 is 2.75 bits per heavy atom. The summed E-state index contributed by atoms with van der Waals surface area (Å²) in [5.41, 5.74) is 0.908. The molecule has 118 valence electrons. The number of aromatic nitrogens is 2. The Bertz CT molecular complexity index is 992. The van der Waals surface area contributed by atoms with E-state index in [0.717, 1.165) is 10.4 Å². The first-order valence-corrected chi connectivity index (χ1v) is 8.35. The largest absolute Gasteiger partial charge is 0.297 e. The second-order valence-electron chi connectivity index (χ2n) is 5.42. The highest BCUT2D eigenvalue weighted by Gasteiger charge is 2.13. The number of hydrogen-bond donors (Lipinski definition) is 0. The molecule has 3 aromatic rings. The molecule has 0 saturated carbocycles. The average Bonchev–Trinajstić information content (AvgIpc) is 3.06. The van der Waals surface area contributed by atoms with E-state index in [2.05, 4.69) is 11.1 Å². The third kappa shape index (κ3) is 3.19. The first-order chi connectivity index (χ1) is 11.7. The monoisotopic (exact) mass is 334 g/mol. The molecule has 0 spiro atoms. The third-order valence-corrected chi connectivity index (χ3v) is 4.87. The molecule has 0 aliphatic rings. The summed E-state index contributed by atoms with van der Waals surface area (Å²) in [6.45, 7) is 0.260. The molecule has 1 atom stereocenters. The van der Waals surface area contributed by atoms with E-state index < -0.39 is 0 Å². The van der Waals surface area contributed by atoms with Crippen LogP contribution in [0.3, 0.4) is 0 Å². The van der Waals surface area contributed by atoms with Crippen LogP contribution >= 0.6 is 11.3 Å². The number of rotatable bonds is 5. The van der Waals surface area contributed by atoms with Gasteiger partial charge in [-0.3, -0.25) is 9.36 Å². The van der Waals surface area contributed by atoms with Gasteiger partial charge < -0.3 is 0 Å². The minimum absolute atomic E-state index is 0.143. The summed E-state index contributed by atoms with van der Waals surface area (Å²) in [7, 11) is 0. The van der Waals surface area contributed by atoms with Crippen molar-refractivity contribution in [1.29, 1.82) is 10.5 Å². The van der Waals surface area contributed by atoms with E-state index in [1.807, 2.05) is 42.5 Å². The fourth-order valence-corrected chi connectivity index (χ4v) is 3.50. The first kappa shape index (κ1) is 15.9. The molecule has 0 saturated heterocycles. The number of nitrogens with zero attached hydrogens (tertiary/aromatic N) is 4. The molecular formula is C18H14N4OS. The lowest BCUT2D eigenvalue weighted by molar-refractivity contribution is 0.499. The van der Waals surface area contributed by atoms with E-state index in [0.29, 0.717) is 23.1 Å². The van der Waals surface area contributed by atoms with Gasteiger partial charge in [0.2, 0.25) is 0 Å². The summed E-state index contributed by atoms with van der Waals surface area (Å²) in [6.07, 6.45) is 2.25. The van der Waals surface area contributed by atoms with Crippen LogP contribution in [0.4, 0.5) is 0 Å². The van der Waals surface area contributed by atoms with Gasteiger partial charge in [-0.1, -0.05) is 30.3 Å². The molecule has 6 heteroatoms. The molecule has 3 rings (SSSR count). The Labute approximate surface area is 143 Å². The number of hydrogen-bond acceptors (Lipinski definition) is 5. The molecule has 0 aliphatic carbocycles. The van der Waals surface area contributed by atoms with Gasteiger partial charge in [0, 0.05) is 17.8 Å². The predicted octanol–water partition coefficient (Wildman–Crippen LogP) is 3.57. The molecule has 24 heavy (non-hydrogen) atoms. The number of nitriles is 2. The second-order valence-corrected chi connectivity index (χ2v) is 6.45. The van der Waals surface area contributed by atoms with E-state index in [1.165, 1.54) is 22.2 Å². The Morgan fingerprint density at radius 2 is 2.04 bits per heavy atom. The molecule has 2 aromatic heterocycles. The fourth-order valence-electron chi connectivity index (χ4n) is 2.51. The van der Waals surface area contributed by atoms with Crippen LogP contribution in [0.15, 0.2) is 47.5 Å². The SMILES string of the molecule is N#CCC[C@@H](C#N)Cn1cnc2sc(-c3ccccc3)cc2c1=O. The van der Waals surface area contributed by atoms with Gasteiger partial charge in [-0.15, -0.1) is 11.3 Å². The van der Waals surface area contributed by atoms with Crippen LogP contribution in [0.2, 0.25) is 0 Å². The molecule has 1 aromatic carbocycles. The standard InChI is InChI=1S/C18H14N4OS/c19-8-4-5-13(10-20)11-22-12-21-17-15(18(22)23)9-16(24-17)14-6-2-1-3-7-14/h1-3,6-7,9,12-13H,4-5,11H2/t13-/m0/s1. The summed E-state index contributed by atoms with van der Waals surface area (Å²) in [4.78, 5) is 18.7. The van der Waals surface area contributed by atoms with Crippen LogP contribution in [0.1, 0.15) is 12.8 Å².